The molecule has 2 atom stereocenters. The lowest BCUT2D eigenvalue weighted by Gasteiger charge is -2.31. The van der Waals surface area contributed by atoms with Crippen molar-refractivity contribution in [1.82, 2.24) is 4.90 Å². The summed E-state index contributed by atoms with van der Waals surface area (Å²) in [5.74, 6) is -0.419. The first kappa shape index (κ1) is 16.1. The topological polar surface area (TPSA) is 60.8 Å². The number of amides is 1. The minimum absolute atomic E-state index is 0.419. The molecular formula is C13H25NO3. The van der Waals surface area contributed by atoms with Crippen LogP contribution in [0.1, 0.15) is 52.4 Å². The Morgan fingerprint density at radius 3 is 1.88 bits per heavy atom. The monoisotopic (exact) mass is 243 g/mol. The Hall–Kier alpha value is -0.870. The second-order valence-electron chi connectivity index (χ2n) is 4.20. The molecule has 4 nitrogen and oxygen atoms in total. The van der Waals surface area contributed by atoms with E-state index >= 15 is 0 Å². The number of hydrogen-bond donors (Lipinski definition) is 2. The van der Waals surface area contributed by atoms with Crippen LogP contribution < -0.4 is 0 Å². The van der Waals surface area contributed by atoms with Crippen molar-refractivity contribution in [1.29, 1.82) is 0 Å². The predicted octanol–water partition coefficient (Wildman–Crippen LogP) is 2.02. The van der Waals surface area contributed by atoms with Gasteiger partial charge in [0.1, 0.15) is 12.5 Å². The van der Waals surface area contributed by atoms with Crippen LogP contribution in [0.5, 0.6) is 0 Å². The largest absolute Gasteiger partial charge is 0.373 e. The Labute approximate surface area is 104 Å². The van der Waals surface area contributed by atoms with Crippen LogP contribution in [0.15, 0.2) is 12.7 Å². The summed E-state index contributed by atoms with van der Waals surface area (Å²) in [6.07, 6.45) is 3.78. The molecule has 2 unspecified atom stereocenters. The van der Waals surface area contributed by atoms with Gasteiger partial charge in [-0.2, -0.15) is 0 Å². The molecule has 0 saturated heterocycles. The number of carbonyl (C=O) groups excluding carboxylic acids is 1. The Balaban J connectivity index is 4.50. The molecule has 2 N–H and O–H groups in total. The van der Waals surface area contributed by atoms with Crippen LogP contribution in [0.2, 0.25) is 0 Å². The molecule has 100 valence electrons. The van der Waals surface area contributed by atoms with Gasteiger partial charge in [0.2, 0.25) is 5.91 Å². The zero-order valence-corrected chi connectivity index (χ0v) is 10.9. The van der Waals surface area contributed by atoms with Crippen molar-refractivity contribution < 1.29 is 15.0 Å². The van der Waals surface area contributed by atoms with Gasteiger partial charge in [-0.1, -0.05) is 33.3 Å². The van der Waals surface area contributed by atoms with Gasteiger partial charge in [0, 0.05) is 0 Å². The summed E-state index contributed by atoms with van der Waals surface area (Å²) in [5, 5.41) is 19.8. The summed E-state index contributed by atoms with van der Waals surface area (Å²) in [4.78, 5) is 12.7. The summed E-state index contributed by atoms with van der Waals surface area (Å²) < 4.78 is 0. The van der Waals surface area contributed by atoms with Gasteiger partial charge in [-0.15, -0.1) is 0 Å². The molecule has 0 aromatic heterocycles. The van der Waals surface area contributed by atoms with E-state index in [2.05, 4.69) is 6.58 Å². The molecule has 1 amide bonds. The molecule has 0 aliphatic rings. The van der Waals surface area contributed by atoms with Crippen molar-refractivity contribution >= 4 is 5.91 Å². The SMILES string of the molecule is C=CC(=O)N(C(O)CCCC)C(O)CCCC. The molecule has 17 heavy (non-hydrogen) atoms. The Kier molecular flexibility index (Phi) is 8.72. The molecule has 0 aliphatic carbocycles. The smallest absolute Gasteiger partial charge is 0.250 e. The van der Waals surface area contributed by atoms with E-state index in [1.165, 1.54) is 0 Å². The van der Waals surface area contributed by atoms with Crippen molar-refractivity contribution in [3.63, 3.8) is 0 Å². The average Bonchev–Trinajstić information content (AvgIpc) is 2.33. The van der Waals surface area contributed by atoms with E-state index in [0.717, 1.165) is 36.7 Å². The van der Waals surface area contributed by atoms with E-state index < -0.39 is 18.4 Å². The molecule has 0 aromatic carbocycles. The van der Waals surface area contributed by atoms with Gasteiger partial charge >= 0.3 is 0 Å². The minimum atomic E-state index is -0.924. The average molecular weight is 243 g/mol. The van der Waals surface area contributed by atoms with E-state index in [1.54, 1.807) is 0 Å². The van der Waals surface area contributed by atoms with Gasteiger partial charge in [0.05, 0.1) is 0 Å². The summed E-state index contributed by atoms with van der Waals surface area (Å²) >= 11 is 0. The van der Waals surface area contributed by atoms with Crippen molar-refractivity contribution in [3.05, 3.63) is 12.7 Å². The van der Waals surface area contributed by atoms with E-state index in [1.807, 2.05) is 13.8 Å². The van der Waals surface area contributed by atoms with Crippen LogP contribution >= 0.6 is 0 Å². The number of rotatable bonds is 9. The summed E-state index contributed by atoms with van der Waals surface area (Å²) in [6, 6.07) is 0. The first-order chi connectivity index (χ1) is 8.08. The normalized spacial score (nSPS) is 14.1. The van der Waals surface area contributed by atoms with E-state index in [9.17, 15) is 15.0 Å². The van der Waals surface area contributed by atoms with Crippen LogP contribution in [0, 0.1) is 0 Å². The third kappa shape index (κ3) is 5.84. The number of nitrogens with zero attached hydrogens (tertiary/aromatic N) is 1. The molecule has 0 spiro atoms. The highest BCUT2D eigenvalue weighted by Crippen LogP contribution is 2.14. The number of hydrogen-bond acceptors (Lipinski definition) is 3. The summed E-state index contributed by atoms with van der Waals surface area (Å²) in [5.41, 5.74) is 0. The number of aliphatic hydroxyl groups is 2. The van der Waals surface area contributed by atoms with E-state index in [-0.39, 0.29) is 0 Å². The lowest BCUT2D eigenvalue weighted by Crippen LogP contribution is -2.46. The predicted molar refractivity (Wildman–Crippen MR) is 68.1 cm³/mol. The highest BCUT2D eigenvalue weighted by Gasteiger charge is 2.25. The van der Waals surface area contributed by atoms with Crippen LogP contribution in [0.4, 0.5) is 0 Å². The summed E-state index contributed by atoms with van der Waals surface area (Å²) in [6.45, 7) is 7.42. The van der Waals surface area contributed by atoms with E-state index in [0.29, 0.717) is 12.8 Å². The second-order valence-corrected chi connectivity index (χ2v) is 4.20. The van der Waals surface area contributed by atoms with Gasteiger partial charge in [-0.25, -0.2) is 0 Å². The molecule has 0 heterocycles. The van der Waals surface area contributed by atoms with Crippen molar-refractivity contribution in [2.24, 2.45) is 0 Å². The second kappa shape index (κ2) is 9.19. The van der Waals surface area contributed by atoms with Crippen molar-refractivity contribution in [2.45, 2.75) is 64.8 Å². The van der Waals surface area contributed by atoms with Crippen molar-refractivity contribution in [2.75, 3.05) is 0 Å². The van der Waals surface area contributed by atoms with Gasteiger partial charge < -0.3 is 10.2 Å². The molecule has 4 heteroatoms. The molecule has 0 aliphatic heterocycles. The number of unbranched alkanes of at least 4 members (excludes halogenated alkanes) is 2. The molecular weight excluding hydrogens is 218 g/mol. The maximum Gasteiger partial charge on any atom is 0.250 e. The Morgan fingerprint density at radius 2 is 1.59 bits per heavy atom. The Bertz CT molecular complexity index is 217. The molecule has 0 bridgehead atoms. The zero-order chi connectivity index (χ0) is 13.3. The van der Waals surface area contributed by atoms with Crippen LogP contribution in [-0.4, -0.2) is 33.5 Å². The zero-order valence-electron chi connectivity index (χ0n) is 10.9. The quantitative estimate of drug-likeness (QED) is 0.481. The first-order valence-corrected chi connectivity index (χ1v) is 6.39. The third-order valence-corrected chi connectivity index (χ3v) is 2.70. The summed E-state index contributed by atoms with van der Waals surface area (Å²) in [7, 11) is 0. The van der Waals surface area contributed by atoms with Gasteiger partial charge in [-0.05, 0) is 31.8 Å². The molecule has 0 rings (SSSR count). The molecule has 0 saturated carbocycles. The van der Waals surface area contributed by atoms with Gasteiger partial charge in [0.25, 0.3) is 0 Å². The van der Waals surface area contributed by atoms with Gasteiger partial charge in [0.15, 0.2) is 0 Å². The fourth-order valence-electron chi connectivity index (χ4n) is 1.65. The lowest BCUT2D eigenvalue weighted by atomic mass is 10.1. The number of aliphatic hydroxyl groups excluding tert-OH is 2. The molecule has 0 fully saturated rings. The molecule has 0 radical (unpaired) electrons. The lowest BCUT2D eigenvalue weighted by molar-refractivity contribution is -0.156. The Morgan fingerprint density at radius 1 is 1.18 bits per heavy atom. The van der Waals surface area contributed by atoms with Crippen molar-refractivity contribution in [3.8, 4) is 0 Å². The van der Waals surface area contributed by atoms with Gasteiger partial charge in [-0.3, -0.25) is 9.69 Å². The maximum absolute atomic E-state index is 11.6. The van der Waals surface area contributed by atoms with Crippen LogP contribution in [0.25, 0.3) is 0 Å². The minimum Gasteiger partial charge on any atom is -0.373 e. The van der Waals surface area contributed by atoms with Crippen LogP contribution in [0.3, 0.4) is 0 Å². The fourth-order valence-corrected chi connectivity index (χ4v) is 1.65. The van der Waals surface area contributed by atoms with Crippen LogP contribution in [-0.2, 0) is 4.79 Å². The fraction of sp³-hybridized carbons (Fsp3) is 0.769. The third-order valence-electron chi connectivity index (χ3n) is 2.70. The first-order valence-electron chi connectivity index (χ1n) is 6.39. The standard InChI is InChI=1S/C13H25NO3/c1-4-7-9-12(16)14(11(15)6-3)13(17)10-8-5-2/h6,12-13,16-17H,3-5,7-10H2,1-2H3. The van der Waals surface area contributed by atoms with E-state index in [4.69, 9.17) is 0 Å². The maximum atomic E-state index is 11.6. The number of carbonyl (C=O) groups is 1. The highest BCUT2D eigenvalue weighted by atomic mass is 16.3. The molecule has 0 aromatic rings. The highest BCUT2D eigenvalue weighted by molar-refractivity contribution is 5.87.